The zero-order valence-electron chi connectivity index (χ0n) is 9.67. The number of ether oxygens (including phenoxy) is 1. The van der Waals surface area contributed by atoms with Gasteiger partial charge in [-0.05, 0) is 36.3 Å². The number of hydrogen-bond acceptors (Lipinski definition) is 2. The van der Waals surface area contributed by atoms with Gasteiger partial charge >= 0.3 is 12.1 Å². The van der Waals surface area contributed by atoms with Gasteiger partial charge in [0.25, 0.3) is 0 Å². The summed E-state index contributed by atoms with van der Waals surface area (Å²) in [5.41, 5.74) is 0.840. The molecule has 0 aliphatic heterocycles. The summed E-state index contributed by atoms with van der Waals surface area (Å²) in [7, 11) is 0. The van der Waals surface area contributed by atoms with Gasteiger partial charge in [-0.2, -0.15) is 13.2 Å². The molecule has 0 atom stereocenters. The lowest BCUT2D eigenvalue weighted by Gasteiger charge is -2.07. The molecule has 0 saturated carbocycles. The predicted molar refractivity (Wildman–Crippen MR) is 59.8 cm³/mol. The first-order valence-corrected chi connectivity index (χ1v) is 5.49. The number of rotatable bonds is 2. The average Bonchev–Trinajstić information content (AvgIpc) is 2.70. The van der Waals surface area contributed by atoms with Gasteiger partial charge in [-0.3, -0.25) is 0 Å². The van der Waals surface area contributed by atoms with Gasteiger partial charge in [-0.1, -0.05) is 6.07 Å². The Labute approximate surface area is 102 Å². The molecule has 5 heteroatoms. The molecule has 0 spiro atoms. The summed E-state index contributed by atoms with van der Waals surface area (Å²) in [6.07, 6.45) is -2.58. The third-order valence-corrected chi connectivity index (χ3v) is 2.72. The van der Waals surface area contributed by atoms with E-state index in [2.05, 4.69) is 0 Å². The molecule has 0 unspecified atom stereocenters. The standard InChI is InChI=1S/C13H11F3O2/c1-2-18-12(17)10-5-8-3-4-11(13(14,15)16)7-9(8)6-10/h3-4,6-7H,2,5H2,1H3. The highest BCUT2D eigenvalue weighted by atomic mass is 19.4. The molecule has 0 saturated heterocycles. The third kappa shape index (κ3) is 2.39. The zero-order valence-corrected chi connectivity index (χ0v) is 9.67. The van der Waals surface area contributed by atoms with Crippen LogP contribution in [0.15, 0.2) is 23.8 Å². The van der Waals surface area contributed by atoms with Crippen LogP contribution in [-0.2, 0) is 22.1 Å². The normalized spacial score (nSPS) is 14.1. The van der Waals surface area contributed by atoms with Crippen LogP contribution < -0.4 is 0 Å². The van der Waals surface area contributed by atoms with E-state index in [1.165, 1.54) is 12.1 Å². The molecule has 96 valence electrons. The highest BCUT2D eigenvalue weighted by molar-refractivity contribution is 5.96. The number of halogens is 3. The van der Waals surface area contributed by atoms with Crippen molar-refractivity contribution in [3.63, 3.8) is 0 Å². The van der Waals surface area contributed by atoms with Gasteiger partial charge in [0.15, 0.2) is 0 Å². The van der Waals surface area contributed by atoms with Crippen LogP contribution in [0, 0.1) is 0 Å². The van der Waals surface area contributed by atoms with E-state index in [0.29, 0.717) is 23.1 Å². The molecule has 0 bridgehead atoms. The van der Waals surface area contributed by atoms with Crippen molar-refractivity contribution in [3.05, 3.63) is 40.5 Å². The van der Waals surface area contributed by atoms with E-state index in [-0.39, 0.29) is 6.61 Å². The van der Waals surface area contributed by atoms with Gasteiger partial charge in [-0.15, -0.1) is 0 Å². The first kappa shape index (κ1) is 12.7. The van der Waals surface area contributed by atoms with Gasteiger partial charge in [0.1, 0.15) is 0 Å². The molecule has 2 nitrogen and oxygen atoms in total. The number of carbonyl (C=O) groups is 1. The molecule has 2 rings (SSSR count). The largest absolute Gasteiger partial charge is 0.463 e. The predicted octanol–water partition coefficient (Wildman–Crippen LogP) is 3.21. The summed E-state index contributed by atoms with van der Waals surface area (Å²) in [5, 5.41) is 0. The quantitative estimate of drug-likeness (QED) is 0.759. The van der Waals surface area contributed by atoms with Crippen molar-refractivity contribution in [2.45, 2.75) is 19.5 Å². The van der Waals surface area contributed by atoms with E-state index in [4.69, 9.17) is 4.74 Å². The van der Waals surface area contributed by atoms with Crippen LogP contribution in [0.2, 0.25) is 0 Å². The Morgan fingerprint density at radius 3 is 2.72 bits per heavy atom. The van der Waals surface area contributed by atoms with E-state index in [9.17, 15) is 18.0 Å². The molecule has 1 aromatic carbocycles. The van der Waals surface area contributed by atoms with Crippen LogP contribution in [0.1, 0.15) is 23.6 Å². The van der Waals surface area contributed by atoms with E-state index in [0.717, 1.165) is 12.1 Å². The van der Waals surface area contributed by atoms with Gasteiger partial charge in [0, 0.05) is 12.0 Å². The second kappa shape index (κ2) is 4.48. The molecule has 0 aromatic heterocycles. The minimum atomic E-state index is -4.37. The summed E-state index contributed by atoms with van der Waals surface area (Å²) in [6, 6.07) is 3.49. The highest BCUT2D eigenvalue weighted by Crippen LogP contribution is 2.34. The molecule has 0 radical (unpaired) electrons. The molecule has 18 heavy (non-hydrogen) atoms. The first-order chi connectivity index (χ1) is 8.41. The molecule has 0 fully saturated rings. The van der Waals surface area contributed by atoms with Crippen LogP contribution in [0.5, 0.6) is 0 Å². The smallest absolute Gasteiger partial charge is 0.416 e. The average molecular weight is 256 g/mol. The number of esters is 1. The number of carbonyl (C=O) groups excluding carboxylic acids is 1. The van der Waals surface area contributed by atoms with Crippen LogP contribution in [0.3, 0.4) is 0 Å². The summed E-state index contributed by atoms with van der Waals surface area (Å²) >= 11 is 0. The molecular formula is C13H11F3O2. The monoisotopic (exact) mass is 256 g/mol. The van der Waals surface area contributed by atoms with Gasteiger partial charge in [0.2, 0.25) is 0 Å². The van der Waals surface area contributed by atoms with Crippen molar-refractivity contribution in [1.82, 2.24) is 0 Å². The molecule has 0 N–H and O–H groups in total. The second-order valence-electron chi connectivity index (χ2n) is 3.98. The van der Waals surface area contributed by atoms with E-state index >= 15 is 0 Å². The highest BCUT2D eigenvalue weighted by Gasteiger charge is 2.31. The van der Waals surface area contributed by atoms with E-state index in [1.54, 1.807) is 6.92 Å². The lowest BCUT2D eigenvalue weighted by atomic mass is 10.1. The summed E-state index contributed by atoms with van der Waals surface area (Å²) in [6.45, 7) is 1.93. The number of fused-ring (bicyclic) bond motifs is 1. The van der Waals surface area contributed by atoms with Crippen molar-refractivity contribution in [2.24, 2.45) is 0 Å². The van der Waals surface area contributed by atoms with Crippen molar-refractivity contribution in [3.8, 4) is 0 Å². The molecule has 0 amide bonds. The van der Waals surface area contributed by atoms with E-state index in [1.807, 2.05) is 0 Å². The molecule has 1 aliphatic carbocycles. The third-order valence-electron chi connectivity index (χ3n) is 2.72. The van der Waals surface area contributed by atoms with Crippen molar-refractivity contribution < 1.29 is 22.7 Å². The molecule has 0 heterocycles. The Bertz CT molecular complexity index is 515. The summed E-state index contributed by atoms with van der Waals surface area (Å²) in [5.74, 6) is -0.470. The summed E-state index contributed by atoms with van der Waals surface area (Å²) < 4.78 is 42.4. The maximum Gasteiger partial charge on any atom is 0.416 e. The minimum Gasteiger partial charge on any atom is -0.463 e. The molecule has 1 aliphatic rings. The number of hydrogen-bond donors (Lipinski definition) is 0. The van der Waals surface area contributed by atoms with Crippen LogP contribution in [0.4, 0.5) is 13.2 Å². The van der Waals surface area contributed by atoms with Crippen molar-refractivity contribution >= 4 is 12.0 Å². The Hall–Kier alpha value is -1.78. The SMILES string of the molecule is CCOC(=O)C1=Cc2cc(C(F)(F)F)ccc2C1. The maximum absolute atomic E-state index is 12.5. The second-order valence-corrected chi connectivity index (χ2v) is 3.98. The van der Waals surface area contributed by atoms with E-state index < -0.39 is 17.7 Å². The minimum absolute atomic E-state index is 0.250. The fraction of sp³-hybridized carbons (Fsp3) is 0.308. The Balaban J connectivity index is 2.28. The Morgan fingerprint density at radius 1 is 1.39 bits per heavy atom. The topological polar surface area (TPSA) is 26.3 Å². The van der Waals surface area contributed by atoms with Crippen LogP contribution in [0.25, 0.3) is 6.08 Å². The lowest BCUT2D eigenvalue weighted by Crippen LogP contribution is -2.07. The van der Waals surface area contributed by atoms with Crippen molar-refractivity contribution in [2.75, 3.05) is 6.61 Å². The maximum atomic E-state index is 12.5. The van der Waals surface area contributed by atoms with Crippen LogP contribution in [-0.4, -0.2) is 12.6 Å². The zero-order chi connectivity index (χ0) is 13.3. The lowest BCUT2D eigenvalue weighted by molar-refractivity contribution is -0.139. The fourth-order valence-corrected chi connectivity index (χ4v) is 1.87. The van der Waals surface area contributed by atoms with Crippen LogP contribution >= 0.6 is 0 Å². The van der Waals surface area contributed by atoms with Gasteiger partial charge in [-0.25, -0.2) is 4.79 Å². The molecule has 1 aromatic rings. The Kier molecular flexibility index (Phi) is 3.15. The van der Waals surface area contributed by atoms with Gasteiger partial charge < -0.3 is 4.74 Å². The molecular weight excluding hydrogens is 245 g/mol. The Morgan fingerprint density at radius 2 is 2.11 bits per heavy atom. The van der Waals surface area contributed by atoms with Crippen molar-refractivity contribution in [1.29, 1.82) is 0 Å². The fourth-order valence-electron chi connectivity index (χ4n) is 1.87. The number of alkyl halides is 3. The van der Waals surface area contributed by atoms with Gasteiger partial charge in [0.05, 0.1) is 12.2 Å². The summed E-state index contributed by atoms with van der Waals surface area (Å²) in [4.78, 5) is 11.5. The number of benzene rings is 1. The first-order valence-electron chi connectivity index (χ1n) is 5.49.